The average molecular weight is 280 g/mol. The van der Waals surface area contributed by atoms with Gasteiger partial charge in [0.05, 0.1) is 5.69 Å². The Kier molecular flexibility index (Phi) is 4.13. The van der Waals surface area contributed by atoms with Crippen LogP contribution in [0.4, 0.5) is 0 Å². The largest absolute Gasteiger partial charge is 0.328 e. The van der Waals surface area contributed by atoms with Crippen LogP contribution in [0.1, 0.15) is 52.3 Å². The fourth-order valence-corrected chi connectivity index (χ4v) is 2.97. The molecule has 106 valence electrons. The van der Waals surface area contributed by atoms with E-state index in [1.54, 1.807) is 0 Å². The van der Waals surface area contributed by atoms with Crippen LogP contribution in [-0.4, -0.2) is 19.3 Å². The molecular weight excluding hydrogens is 256 g/mol. The van der Waals surface area contributed by atoms with Gasteiger partial charge in [0, 0.05) is 13.1 Å². The predicted molar refractivity (Wildman–Crippen MR) is 82.0 cm³/mol. The van der Waals surface area contributed by atoms with Gasteiger partial charge in [0.25, 0.3) is 0 Å². The molecule has 2 aromatic rings. The van der Waals surface area contributed by atoms with Crippen molar-refractivity contribution in [3.8, 4) is 0 Å². The van der Waals surface area contributed by atoms with Crippen molar-refractivity contribution in [1.82, 2.24) is 19.3 Å². The highest BCUT2D eigenvalue weighted by atomic mass is 32.1. The minimum atomic E-state index is 0.406. The maximum Gasteiger partial charge on any atom is 0.179 e. The summed E-state index contributed by atoms with van der Waals surface area (Å²) in [7, 11) is 2.00. The van der Waals surface area contributed by atoms with Crippen LogP contribution in [0.2, 0.25) is 0 Å². The van der Waals surface area contributed by atoms with Crippen molar-refractivity contribution >= 4 is 23.4 Å². The van der Waals surface area contributed by atoms with Crippen LogP contribution in [-0.2, 0) is 13.5 Å². The normalized spacial score (nSPS) is 13.6. The van der Waals surface area contributed by atoms with Gasteiger partial charge >= 0.3 is 0 Å². The fraction of sp³-hybridized carbons (Fsp3) is 0.714. The summed E-state index contributed by atoms with van der Waals surface area (Å²) in [5.74, 6) is 0.726. The number of hydrogen-bond acceptors (Lipinski definition) is 2. The molecule has 0 radical (unpaired) electrons. The smallest absolute Gasteiger partial charge is 0.179 e. The summed E-state index contributed by atoms with van der Waals surface area (Å²) in [6.07, 6.45) is 3.28. The first kappa shape index (κ1) is 14.3. The lowest BCUT2D eigenvalue weighted by atomic mass is 10.0. The first-order chi connectivity index (χ1) is 8.95. The number of hydrogen-bond donors (Lipinski definition) is 1. The second kappa shape index (κ2) is 5.49. The van der Waals surface area contributed by atoms with Crippen LogP contribution >= 0.6 is 12.2 Å². The Labute approximate surface area is 119 Å². The zero-order valence-electron chi connectivity index (χ0n) is 12.5. The van der Waals surface area contributed by atoms with Crippen LogP contribution in [0, 0.1) is 10.7 Å². The van der Waals surface area contributed by atoms with Crippen molar-refractivity contribution in [2.75, 3.05) is 0 Å². The Morgan fingerprint density at radius 1 is 1.26 bits per heavy atom. The number of imidazole rings is 1. The van der Waals surface area contributed by atoms with Crippen LogP contribution in [0.3, 0.4) is 0 Å². The van der Waals surface area contributed by atoms with E-state index in [0.717, 1.165) is 40.4 Å². The third-order valence-electron chi connectivity index (χ3n) is 3.71. The average Bonchev–Trinajstić information content (AvgIpc) is 2.83. The molecule has 0 aliphatic carbocycles. The molecule has 0 amide bonds. The lowest BCUT2D eigenvalue weighted by Gasteiger charge is -2.15. The Balaban J connectivity index is 2.45. The number of fused-ring (bicyclic) bond motifs is 1. The molecule has 0 aromatic carbocycles. The van der Waals surface area contributed by atoms with Gasteiger partial charge in [-0.2, -0.15) is 5.10 Å². The second-order valence-corrected chi connectivity index (χ2v) is 6.13. The summed E-state index contributed by atoms with van der Waals surface area (Å²) in [4.78, 5) is 3.33. The van der Waals surface area contributed by atoms with E-state index < -0.39 is 0 Å². The third-order valence-corrected chi connectivity index (χ3v) is 4.00. The number of aryl methyl sites for hydroxylation is 2. The Morgan fingerprint density at radius 2 is 1.95 bits per heavy atom. The van der Waals surface area contributed by atoms with Gasteiger partial charge < -0.3 is 4.98 Å². The van der Waals surface area contributed by atoms with Crippen molar-refractivity contribution in [3.63, 3.8) is 0 Å². The van der Waals surface area contributed by atoms with Crippen LogP contribution < -0.4 is 0 Å². The van der Waals surface area contributed by atoms with Crippen LogP contribution in [0.5, 0.6) is 0 Å². The summed E-state index contributed by atoms with van der Waals surface area (Å²) in [6, 6.07) is 0.406. The summed E-state index contributed by atoms with van der Waals surface area (Å²) in [6.45, 7) is 8.89. The molecule has 1 atom stereocenters. The van der Waals surface area contributed by atoms with Crippen LogP contribution in [0.15, 0.2) is 0 Å². The molecule has 2 aromatic heterocycles. The lowest BCUT2D eigenvalue weighted by Crippen LogP contribution is -2.09. The molecule has 0 saturated heterocycles. The van der Waals surface area contributed by atoms with Gasteiger partial charge in [0.15, 0.2) is 10.4 Å². The summed E-state index contributed by atoms with van der Waals surface area (Å²) in [5, 5.41) is 4.57. The monoisotopic (exact) mass is 280 g/mol. The van der Waals surface area contributed by atoms with E-state index in [1.807, 2.05) is 11.7 Å². The van der Waals surface area contributed by atoms with Gasteiger partial charge in [-0.15, -0.1) is 0 Å². The van der Waals surface area contributed by atoms with E-state index in [0.29, 0.717) is 6.04 Å². The van der Waals surface area contributed by atoms with E-state index in [-0.39, 0.29) is 0 Å². The van der Waals surface area contributed by atoms with Gasteiger partial charge in [-0.05, 0) is 44.3 Å². The topological polar surface area (TPSA) is 38.5 Å². The number of nitrogens with zero attached hydrogens (tertiary/aromatic N) is 3. The summed E-state index contributed by atoms with van der Waals surface area (Å²) < 4.78 is 4.99. The highest BCUT2D eigenvalue weighted by Crippen LogP contribution is 2.25. The van der Waals surface area contributed by atoms with Gasteiger partial charge in [0.2, 0.25) is 0 Å². The van der Waals surface area contributed by atoms with E-state index >= 15 is 0 Å². The Bertz CT molecular complexity index is 617. The van der Waals surface area contributed by atoms with Crippen LogP contribution in [0.25, 0.3) is 11.2 Å². The van der Waals surface area contributed by atoms with Crippen molar-refractivity contribution in [2.45, 2.75) is 53.0 Å². The molecule has 2 heterocycles. The molecule has 0 saturated carbocycles. The molecular formula is C14H24N4S. The number of aromatic nitrogens is 4. The van der Waals surface area contributed by atoms with E-state index in [1.165, 1.54) is 6.42 Å². The Hall–Kier alpha value is -1.10. The number of nitrogens with one attached hydrogen (secondary N) is 1. The maximum atomic E-state index is 5.50. The molecule has 1 unspecified atom stereocenters. The molecule has 0 spiro atoms. The number of H-pyrrole nitrogens is 1. The molecule has 5 heteroatoms. The number of rotatable bonds is 5. The van der Waals surface area contributed by atoms with E-state index in [4.69, 9.17) is 12.2 Å². The molecule has 2 rings (SSSR count). The predicted octanol–water partition coefficient (Wildman–Crippen LogP) is 3.99. The SMILES string of the molecule is CCc1nn(C)c2c1[nH]c(=S)n2C(C)CCC(C)C. The van der Waals surface area contributed by atoms with Crippen molar-refractivity contribution in [1.29, 1.82) is 0 Å². The fourth-order valence-electron chi connectivity index (χ4n) is 2.60. The van der Waals surface area contributed by atoms with Crippen molar-refractivity contribution in [2.24, 2.45) is 13.0 Å². The van der Waals surface area contributed by atoms with Gasteiger partial charge in [-0.1, -0.05) is 20.8 Å². The lowest BCUT2D eigenvalue weighted by molar-refractivity contribution is 0.439. The summed E-state index contributed by atoms with van der Waals surface area (Å²) >= 11 is 5.50. The number of aromatic amines is 1. The second-order valence-electron chi connectivity index (χ2n) is 5.74. The minimum Gasteiger partial charge on any atom is -0.328 e. The molecule has 4 nitrogen and oxygen atoms in total. The molecule has 0 aliphatic rings. The minimum absolute atomic E-state index is 0.406. The van der Waals surface area contributed by atoms with Gasteiger partial charge in [0.1, 0.15) is 5.52 Å². The quantitative estimate of drug-likeness (QED) is 0.841. The zero-order chi connectivity index (χ0) is 14.2. The highest BCUT2D eigenvalue weighted by molar-refractivity contribution is 7.71. The third kappa shape index (κ3) is 2.61. The molecule has 1 N–H and O–H groups in total. The van der Waals surface area contributed by atoms with Crippen molar-refractivity contribution < 1.29 is 0 Å². The standard InChI is InChI=1S/C14H24N4S/c1-6-11-12-13(17(5)16-11)18(14(19)15-12)10(4)8-7-9(2)3/h9-10H,6-8H2,1-5H3,(H,15,19). The van der Waals surface area contributed by atoms with Crippen molar-refractivity contribution in [3.05, 3.63) is 10.5 Å². The molecule has 19 heavy (non-hydrogen) atoms. The zero-order valence-corrected chi connectivity index (χ0v) is 13.3. The molecule has 0 fully saturated rings. The molecule has 0 aliphatic heterocycles. The maximum absolute atomic E-state index is 5.50. The molecule has 0 bridgehead atoms. The Morgan fingerprint density at radius 3 is 2.53 bits per heavy atom. The van der Waals surface area contributed by atoms with E-state index in [9.17, 15) is 0 Å². The van der Waals surface area contributed by atoms with Gasteiger partial charge in [-0.3, -0.25) is 9.25 Å². The van der Waals surface area contributed by atoms with E-state index in [2.05, 4.69) is 42.3 Å². The summed E-state index contributed by atoms with van der Waals surface area (Å²) in [5.41, 5.74) is 3.32. The first-order valence-electron chi connectivity index (χ1n) is 7.11. The first-order valence-corrected chi connectivity index (χ1v) is 7.52. The highest BCUT2D eigenvalue weighted by Gasteiger charge is 2.17. The van der Waals surface area contributed by atoms with Gasteiger partial charge in [-0.25, -0.2) is 0 Å².